The van der Waals surface area contributed by atoms with E-state index in [4.69, 9.17) is 32.1 Å². The van der Waals surface area contributed by atoms with Gasteiger partial charge in [-0.3, -0.25) is 10.1 Å². The van der Waals surface area contributed by atoms with Crippen LogP contribution in [-0.2, 0) is 24.1 Å². The summed E-state index contributed by atoms with van der Waals surface area (Å²) in [6.45, 7) is 4.38. The van der Waals surface area contributed by atoms with Crippen molar-refractivity contribution in [2.24, 2.45) is 5.73 Å². The second-order valence-electron chi connectivity index (χ2n) is 8.63. The van der Waals surface area contributed by atoms with Gasteiger partial charge in [0, 0.05) is 36.9 Å². The first kappa shape index (κ1) is 33.9. The van der Waals surface area contributed by atoms with E-state index in [9.17, 15) is 26.4 Å². The Bertz CT molecular complexity index is 1070. The summed E-state index contributed by atoms with van der Waals surface area (Å²) >= 11 is 5.93. The van der Waals surface area contributed by atoms with E-state index in [0.29, 0.717) is 5.57 Å². The van der Waals surface area contributed by atoms with Crippen LogP contribution in [0.15, 0.2) is 34.6 Å². The molecular formula is C23H35ClF3N5O5S. The number of ether oxygens (including phenoxy) is 2. The first-order chi connectivity index (χ1) is 17.6. The van der Waals surface area contributed by atoms with E-state index in [1.807, 2.05) is 6.07 Å². The average molecular weight is 586 g/mol. The Morgan fingerprint density at radius 1 is 1.42 bits per heavy atom. The molecule has 0 aromatic rings. The highest BCUT2D eigenvalue weighted by atomic mass is 35.5. The van der Waals surface area contributed by atoms with Crippen LogP contribution in [0.1, 0.15) is 33.6 Å². The molecule has 4 atom stereocenters. The summed E-state index contributed by atoms with van der Waals surface area (Å²) in [6.07, 6.45) is -1.34. The Morgan fingerprint density at radius 3 is 2.55 bits per heavy atom. The predicted octanol–water partition coefficient (Wildman–Crippen LogP) is 2.55. The van der Waals surface area contributed by atoms with Gasteiger partial charge in [0.15, 0.2) is 20.6 Å². The van der Waals surface area contributed by atoms with E-state index in [1.165, 1.54) is 26.2 Å². The van der Waals surface area contributed by atoms with Crippen molar-refractivity contribution in [3.8, 4) is 6.07 Å². The maximum absolute atomic E-state index is 13.1. The molecule has 1 fully saturated rings. The minimum atomic E-state index is -4.82. The van der Waals surface area contributed by atoms with Crippen LogP contribution in [-0.4, -0.2) is 87.3 Å². The molecule has 0 bridgehead atoms. The lowest BCUT2D eigenvalue weighted by Crippen LogP contribution is -2.47. The molecule has 0 spiro atoms. The van der Waals surface area contributed by atoms with Crippen LogP contribution in [0.4, 0.5) is 13.2 Å². The van der Waals surface area contributed by atoms with Crippen LogP contribution < -0.4 is 11.1 Å². The van der Waals surface area contributed by atoms with Gasteiger partial charge in [-0.05, 0) is 39.8 Å². The molecule has 0 aromatic carbocycles. The van der Waals surface area contributed by atoms with Crippen molar-refractivity contribution in [3.05, 3.63) is 34.6 Å². The molecule has 1 unspecified atom stereocenters. The van der Waals surface area contributed by atoms with Gasteiger partial charge < -0.3 is 20.1 Å². The van der Waals surface area contributed by atoms with Crippen LogP contribution in [0.5, 0.6) is 0 Å². The Morgan fingerprint density at radius 2 is 2.05 bits per heavy atom. The number of hydrogen-bond acceptors (Lipinski definition) is 9. The van der Waals surface area contributed by atoms with Crippen molar-refractivity contribution < 1.29 is 35.9 Å². The summed E-state index contributed by atoms with van der Waals surface area (Å²) < 4.78 is 74.6. The first-order valence-corrected chi connectivity index (χ1v) is 13.9. The van der Waals surface area contributed by atoms with Crippen LogP contribution in [0.25, 0.3) is 0 Å². The van der Waals surface area contributed by atoms with E-state index in [2.05, 4.69) is 5.32 Å². The minimum Gasteiger partial charge on any atom is -0.488 e. The quantitative estimate of drug-likeness (QED) is 0.0565. The molecule has 0 aliphatic carbocycles. The smallest absolute Gasteiger partial charge is 0.413 e. The zero-order valence-electron chi connectivity index (χ0n) is 22.0. The van der Waals surface area contributed by atoms with Crippen LogP contribution in [0, 0.1) is 11.3 Å². The van der Waals surface area contributed by atoms with Crippen molar-refractivity contribution >= 4 is 27.3 Å². The van der Waals surface area contributed by atoms with Crippen molar-refractivity contribution in [2.45, 2.75) is 57.1 Å². The molecule has 1 heterocycles. The highest BCUT2D eigenvalue weighted by Gasteiger charge is 2.69. The molecule has 0 aromatic heterocycles. The Balaban J connectivity index is 2.84. The third-order valence-electron chi connectivity index (χ3n) is 5.84. The molecule has 216 valence electrons. The lowest BCUT2D eigenvalue weighted by molar-refractivity contribution is -0.132. The van der Waals surface area contributed by atoms with Gasteiger partial charge in [0.2, 0.25) is 0 Å². The Hall–Kier alpha value is -2.15. The number of carbonyl (C=O) groups is 1. The number of nitrogens with two attached hydrogens (primary N) is 1. The van der Waals surface area contributed by atoms with E-state index < -0.39 is 38.9 Å². The molecule has 1 aliphatic rings. The number of carbonyl (C=O) groups excluding carboxylic acids is 1. The highest BCUT2D eigenvalue weighted by molar-refractivity contribution is 7.92. The molecule has 15 heteroatoms. The van der Waals surface area contributed by atoms with Crippen molar-refractivity contribution in [1.29, 1.82) is 5.26 Å². The van der Waals surface area contributed by atoms with Gasteiger partial charge in [-0.15, -0.1) is 0 Å². The number of methoxy groups -OCH3 is 1. The van der Waals surface area contributed by atoms with Crippen molar-refractivity contribution in [1.82, 2.24) is 15.1 Å². The molecule has 1 rings (SSSR count). The lowest BCUT2D eigenvalue weighted by atomic mass is 10.3. The average Bonchev–Trinajstić information content (AvgIpc) is 3.44. The van der Waals surface area contributed by atoms with E-state index >= 15 is 0 Å². The van der Waals surface area contributed by atoms with Crippen molar-refractivity contribution in [3.63, 3.8) is 0 Å². The SMILES string of the molecule is CO[C@H](C)N1[C@H](C)[C@]1(NCCCN(CN)C(=O)/C(=C/C(F)(F)F)OCC/C=C(Cl)\C=C(/C)C#N)S(C)(=O)=O. The van der Waals surface area contributed by atoms with Gasteiger partial charge in [0.1, 0.15) is 6.23 Å². The number of nitriles is 1. The van der Waals surface area contributed by atoms with E-state index in [1.54, 1.807) is 18.7 Å². The molecule has 0 radical (unpaired) electrons. The fraction of sp³-hybridized carbons (Fsp3) is 0.652. The summed E-state index contributed by atoms with van der Waals surface area (Å²) in [5.41, 5.74) is 5.96. The number of nitrogens with zero attached hydrogens (tertiary/aromatic N) is 3. The topological polar surface area (TPSA) is 138 Å². The second kappa shape index (κ2) is 14.3. The fourth-order valence-electron chi connectivity index (χ4n) is 3.94. The number of alkyl halides is 3. The monoisotopic (exact) mass is 585 g/mol. The second-order valence-corrected chi connectivity index (χ2v) is 11.2. The predicted molar refractivity (Wildman–Crippen MR) is 137 cm³/mol. The molecule has 10 nitrogen and oxygen atoms in total. The first-order valence-electron chi connectivity index (χ1n) is 11.7. The molecule has 38 heavy (non-hydrogen) atoms. The number of nitrogens with one attached hydrogen (secondary N) is 1. The Kier molecular flexibility index (Phi) is 12.7. The fourth-order valence-corrected chi connectivity index (χ4v) is 5.95. The van der Waals surface area contributed by atoms with Gasteiger partial charge in [-0.2, -0.15) is 18.4 Å². The zero-order valence-corrected chi connectivity index (χ0v) is 23.6. The summed E-state index contributed by atoms with van der Waals surface area (Å²) in [5, 5.41) is 11.9. The molecular weight excluding hydrogens is 551 g/mol. The minimum absolute atomic E-state index is 0.0566. The molecule has 0 saturated carbocycles. The maximum atomic E-state index is 13.1. The largest absolute Gasteiger partial charge is 0.488 e. The Labute approximate surface area is 226 Å². The lowest BCUT2D eigenvalue weighted by Gasteiger charge is -2.24. The number of sulfone groups is 1. The molecule has 1 aliphatic heterocycles. The van der Waals surface area contributed by atoms with E-state index in [-0.39, 0.29) is 56.4 Å². The van der Waals surface area contributed by atoms with E-state index in [0.717, 1.165) is 11.2 Å². The van der Waals surface area contributed by atoms with Crippen molar-refractivity contribution in [2.75, 3.05) is 39.7 Å². The van der Waals surface area contributed by atoms with Gasteiger partial charge >= 0.3 is 6.18 Å². The van der Waals surface area contributed by atoms with Gasteiger partial charge in [0.05, 0.1) is 31.5 Å². The third-order valence-corrected chi connectivity index (χ3v) is 7.93. The number of hydrogen-bond donors (Lipinski definition) is 2. The molecule has 1 amide bonds. The zero-order chi connectivity index (χ0) is 29.3. The van der Waals surface area contributed by atoms with Gasteiger partial charge in [-0.1, -0.05) is 17.7 Å². The number of halogens is 4. The third kappa shape index (κ3) is 9.25. The van der Waals surface area contributed by atoms with Crippen LogP contribution in [0.3, 0.4) is 0 Å². The standard InChI is InChI=1S/C23H35ClF3N5O5S/c1-16(14-28)12-19(24)8-6-11-37-20(13-22(25,26)27)21(33)31(15-29)10-7-9-30-23(38(5,34)35)17(2)32(23)18(3)36-4/h8,12-13,17-18,30H,6-7,9-11,15,29H2,1-5H3/b16-12+,19-8+,20-13-/t17-,18-,23-,32?/m1/s1. The van der Waals surface area contributed by atoms with Crippen LogP contribution >= 0.6 is 11.6 Å². The maximum Gasteiger partial charge on any atom is 0.413 e. The normalized spacial score (nSPS) is 23.6. The number of rotatable bonds is 15. The van der Waals surface area contributed by atoms with Gasteiger partial charge in [-0.25, -0.2) is 13.3 Å². The number of allylic oxidation sites excluding steroid dienone is 4. The molecule has 1 saturated heterocycles. The summed E-state index contributed by atoms with van der Waals surface area (Å²) in [4.78, 5) is 14.1. The van der Waals surface area contributed by atoms with Crippen LogP contribution in [0.2, 0.25) is 0 Å². The summed E-state index contributed by atoms with van der Waals surface area (Å²) in [6, 6.07) is 1.50. The summed E-state index contributed by atoms with van der Waals surface area (Å²) in [5.74, 6) is -2.00. The molecule has 3 N–H and O–H groups in total. The van der Waals surface area contributed by atoms with Gasteiger partial charge in [0.25, 0.3) is 5.91 Å². The highest BCUT2D eigenvalue weighted by Crippen LogP contribution is 2.44. The number of amides is 1. The summed E-state index contributed by atoms with van der Waals surface area (Å²) in [7, 11) is -2.13.